The van der Waals surface area contributed by atoms with Gasteiger partial charge in [0.15, 0.2) is 5.41 Å². The number of hydrogen-bond acceptors (Lipinski definition) is 2. The van der Waals surface area contributed by atoms with Crippen LogP contribution in [0.25, 0.3) is 0 Å². The van der Waals surface area contributed by atoms with E-state index in [1.807, 2.05) is 0 Å². The fourth-order valence-corrected chi connectivity index (χ4v) is 2.49. The fraction of sp³-hybridized carbons (Fsp3) is 0.867. The fourth-order valence-electron chi connectivity index (χ4n) is 2.49. The van der Waals surface area contributed by atoms with Crippen LogP contribution < -0.4 is 0 Å². The van der Waals surface area contributed by atoms with Gasteiger partial charge in [-0.2, -0.15) is 0 Å². The number of carboxylic acids is 2. The average molecular weight is 336 g/mol. The van der Waals surface area contributed by atoms with Crippen molar-refractivity contribution in [3.8, 4) is 0 Å². The van der Waals surface area contributed by atoms with Crippen LogP contribution in [0.1, 0.15) is 72.6 Å². The van der Waals surface area contributed by atoms with Crippen LogP contribution in [-0.2, 0) is 9.59 Å². The molecule has 0 heterocycles. The molecule has 0 aromatic heterocycles. The zero-order valence-electron chi connectivity index (χ0n) is 12.7. The Morgan fingerprint density at radius 2 is 1.24 bits per heavy atom. The van der Waals surface area contributed by atoms with Crippen LogP contribution in [0.2, 0.25) is 0 Å². The average Bonchev–Trinajstić information content (AvgIpc) is 2.25. The van der Waals surface area contributed by atoms with Gasteiger partial charge in [-0.05, 0) is 11.8 Å². The van der Waals surface area contributed by atoms with Gasteiger partial charge in [0, 0.05) is 0 Å². The van der Waals surface area contributed by atoms with Crippen LogP contribution in [0, 0.1) is 10.8 Å². The molecular formula is C15H30KNaO4. The first-order valence-electron chi connectivity index (χ1n) is 7.17. The third kappa shape index (κ3) is 8.29. The van der Waals surface area contributed by atoms with Crippen LogP contribution in [-0.4, -0.2) is 103 Å². The monoisotopic (exact) mass is 336 g/mol. The normalized spacial score (nSPS) is 11.2. The van der Waals surface area contributed by atoms with Gasteiger partial charge < -0.3 is 10.2 Å². The first-order valence-corrected chi connectivity index (χ1v) is 7.17. The second kappa shape index (κ2) is 12.9. The van der Waals surface area contributed by atoms with E-state index in [9.17, 15) is 19.8 Å². The van der Waals surface area contributed by atoms with Gasteiger partial charge in [0.25, 0.3) is 0 Å². The van der Waals surface area contributed by atoms with Crippen molar-refractivity contribution in [2.75, 3.05) is 0 Å². The molecule has 0 rings (SSSR count). The van der Waals surface area contributed by atoms with Gasteiger partial charge >= 0.3 is 92.9 Å². The topological polar surface area (TPSA) is 74.6 Å². The van der Waals surface area contributed by atoms with Crippen molar-refractivity contribution in [3.63, 3.8) is 0 Å². The minimum absolute atomic E-state index is 0. The number of carboxylic acid groups (broad SMARTS) is 2. The van der Waals surface area contributed by atoms with E-state index < -0.39 is 22.8 Å². The Kier molecular flexibility index (Phi) is 16.9. The molecule has 0 fully saturated rings. The third-order valence-corrected chi connectivity index (χ3v) is 3.92. The Morgan fingerprint density at radius 1 is 0.857 bits per heavy atom. The summed E-state index contributed by atoms with van der Waals surface area (Å²) in [5, 5.41) is 18.8. The van der Waals surface area contributed by atoms with Gasteiger partial charge in [0.1, 0.15) is 0 Å². The molecule has 0 bridgehead atoms. The summed E-state index contributed by atoms with van der Waals surface area (Å²) in [4.78, 5) is 23.0. The van der Waals surface area contributed by atoms with Gasteiger partial charge in [0.2, 0.25) is 0 Å². The van der Waals surface area contributed by atoms with E-state index in [-0.39, 0.29) is 87.4 Å². The summed E-state index contributed by atoms with van der Waals surface area (Å²) >= 11 is 0. The molecular weight excluding hydrogens is 306 g/mol. The summed E-state index contributed by atoms with van der Waals surface area (Å²) in [7, 11) is 0. The summed E-state index contributed by atoms with van der Waals surface area (Å²) in [6.45, 7) is 7.20. The van der Waals surface area contributed by atoms with Crippen molar-refractivity contribution < 1.29 is 19.8 Å². The van der Waals surface area contributed by atoms with Crippen LogP contribution in [0.3, 0.4) is 0 Å². The van der Waals surface area contributed by atoms with E-state index in [4.69, 9.17) is 0 Å². The summed E-state index contributed by atoms with van der Waals surface area (Å²) in [5.41, 5.74) is -2.48. The summed E-state index contributed by atoms with van der Waals surface area (Å²) in [6, 6.07) is 0. The Hall–Kier alpha value is 1.58. The first-order chi connectivity index (χ1) is 8.70. The Morgan fingerprint density at radius 3 is 1.57 bits per heavy atom. The van der Waals surface area contributed by atoms with Crippen molar-refractivity contribution in [3.05, 3.63) is 0 Å². The molecule has 0 aromatic carbocycles. The Labute approximate surface area is 193 Å². The van der Waals surface area contributed by atoms with Crippen LogP contribution >= 0.6 is 0 Å². The van der Waals surface area contributed by atoms with E-state index in [1.54, 1.807) is 20.8 Å². The van der Waals surface area contributed by atoms with Crippen LogP contribution in [0.4, 0.5) is 0 Å². The molecule has 0 aliphatic heterocycles. The molecule has 0 aliphatic carbocycles. The summed E-state index contributed by atoms with van der Waals surface area (Å²) in [6.07, 6.45) is 6.29. The van der Waals surface area contributed by atoms with E-state index in [1.165, 1.54) is 6.42 Å². The maximum absolute atomic E-state index is 11.5. The molecule has 0 unspecified atom stereocenters. The predicted octanol–water partition coefficient (Wildman–Crippen LogP) is 2.64. The SMILES string of the molecule is CCCCCCCCC(C(=O)O)(C(=O)O)C(C)(C)C.[KH].[NaH]. The number of carbonyl (C=O) groups is 2. The first kappa shape index (κ1) is 27.4. The molecule has 21 heavy (non-hydrogen) atoms. The molecule has 4 nitrogen and oxygen atoms in total. The maximum atomic E-state index is 11.5. The van der Waals surface area contributed by atoms with Crippen molar-refractivity contribution in [1.82, 2.24) is 0 Å². The number of unbranched alkanes of at least 4 members (excludes halogenated alkanes) is 5. The van der Waals surface area contributed by atoms with Crippen LogP contribution in [0.5, 0.6) is 0 Å². The number of rotatable bonds is 9. The summed E-state index contributed by atoms with van der Waals surface area (Å²) in [5.74, 6) is -2.44. The second-order valence-corrected chi connectivity index (χ2v) is 6.28. The van der Waals surface area contributed by atoms with Gasteiger partial charge in [-0.25, -0.2) is 0 Å². The van der Waals surface area contributed by atoms with Gasteiger partial charge in [0.05, 0.1) is 0 Å². The van der Waals surface area contributed by atoms with Gasteiger partial charge in [-0.15, -0.1) is 0 Å². The summed E-state index contributed by atoms with van der Waals surface area (Å²) < 4.78 is 0. The van der Waals surface area contributed by atoms with Crippen molar-refractivity contribution >= 4 is 92.9 Å². The molecule has 0 saturated heterocycles. The van der Waals surface area contributed by atoms with Crippen molar-refractivity contribution in [2.24, 2.45) is 10.8 Å². The molecule has 6 heteroatoms. The van der Waals surface area contributed by atoms with Crippen molar-refractivity contribution in [1.29, 1.82) is 0 Å². The molecule has 0 saturated carbocycles. The predicted molar refractivity (Wildman–Crippen MR) is 89.5 cm³/mol. The van der Waals surface area contributed by atoms with Gasteiger partial charge in [-0.3, -0.25) is 9.59 Å². The van der Waals surface area contributed by atoms with E-state index in [0.717, 1.165) is 25.7 Å². The second-order valence-electron chi connectivity index (χ2n) is 6.28. The molecule has 0 spiro atoms. The zero-order valence-corrected chi connectivity index (χ0v) is 12.7. The Bertz CT molecular complexity index is 299. The van der Waals surface area contributed by atoms with E-state index >= 15 is 0 Å². The number of aliphatic carboxylic acids is 2. The van der Waals surface area contributed by atoms with Crippen LogP contribution in [0.15, 0.2) is 0 Å². The molecule has 0 amide bonds. The standard InChI is InChI=1S/C15H28O4.K.Na.2H/c1-5-6-7-8-9-10-11-15(12(16)17,13(18)19)14(2,3)4;;;;/h5-11H2,1-4H3,(H,16,17)(H,18,19);;;;. The molecule has 0 aliphatic rings. The van der Waals surface area contributed by atoms with Gasteiger partial charge in [-0.1, -0.05) is 66.2 Å². The molecule has 116 valence electrons. The van der Waals surface area contributed by atoms with E-state index in [2.05, 4.69) is 6.92 Å². The van der Waals surface area contributed by atoms with E-state index in [0.29, 0.717) is 6.42 Å². The minimum atomic E-state index is -1.68. The third-order valence-electron chi connectivity index (χ3n) is 3.92. The number of hydrogen-bond donors (Lipinski definition) is 2. The zero-order chi connectivity index (χ0) is 15.1. The molecule has 2 N–H and O–H groups in total. The molecule has 0 radical (unpaired) electrons. The molecule has 0 atom stereocenters. The molecule has 0 aromatic rings. The Balaban J connectivity index is -0.00000162. The quantitative estimate of drug-likeness (QED) is 0.386. The van der Waals surface area contributed by atoms with Crippen molar-refractivity contribution in [2.45, 2.75) is 72.6 Å².